The Bertz CT molecular complexity index is 672. The summed E-state index contributed by atoms with van der Waals surface area (Å²) in [5.41, 5.74) is 0.0395. The van der Waals surface area contributed by atoms with Crippen LogP contribution in [0.15, 0.2) is 30.9 Å². The van der Waals surface area contributed by atoms with Crippen LogP contribution in [0.5, 0.6) is 11.5 Å². The summed E-state index contributed by atoms with van der Waals surface area (Å²) in [4.78, 5) is 14.9. The molecule has 1 heterocycles. The minimum absolute atomic E-state index is 0.202. The number of carbonyl (C=O) groups excluding carboxylic acids is 1. The Labute approximate surface area is 168 Å². The van der Waals surface area contributed by atoms with Crippen LogP contribution in [0, 0.1) is 5.92 Å². The van der Waals surface area contributed by atoms with Gasteiger partial charge in [0.25, 0.3) is 0 Å². The van der Waals surface area contributed by atoms with Crippen LogP contribution in [0.2, 0.25) is 0 Å². The van der Waals surface area contributed by atoms with Crippen LogP contribution >= 0.6 is 0 Å². The van der Waals surface area contributed by atoms with Gasteiger partial charge < -0.3 is 18.9 Å². The van der Waals surface area contributed by atoms with Gasteiger partial charge in [-0.05, 0) is 45.2 Å². The summed E-state index contributed by atoms with van der Waals surface area (Å²) in [6.07, 6.45) is 1.04. The number of methoxy groups -OCH3 is 2. The van der Waals surface area contributed by atoms with E-state index in [1.165, 1.54) is 0 Å². The Morgan fingerprint density at radius 3 is 2.25 bits per heavy atom. The molecule has 2 rings (SSSR count). The first-order chi connectivity index (χ1) is 13.1. The lowest BCUT2D eigenvalue weighted by atomic mass is 9.98. The molecule has 0 aliphatic carbocycles. The molecule has 1 aliphatic rings. The fraction of sp³-hybridized carbons (Fsp3) is 0.591. The Morgan fingerprint density at radius 1 is 1.25 bits per heavy atom. The summed E-state index contributed by atoms with van der Waals surface area (Å²) >= 11 is 0. The predicted octanol–water partition coefficient (Wildman–Crippen LogP) is 4.94. The van der Waals surface area contributed by atoms with E-state index in [2.05, 4.69) is 20.4 Å². The van der Waals surface area contributed by atoms with E-state index in [1.54, 1.807) is 25.2 Å². The number of nitrogens with zero attached hydrogens (tertiary/aromatic N) is 1. The Balaban J connectivity index is 2.57. The molecule has 6 nitrogen and oxygen atoms in total. The van der Waals surface area contributed by atoms with Crippen LogP contribution in [-0.4, -0.2) is 43.0 Å². The quantitative estimate of drug-likeness (QED) is 0.643. The molecule has 2 unspecified atom stereocenters. The monoisotopic (exact) mass is 391 g/mol. The van der Waals surface area contributed by atoms with Crippen molar-refractivity contribution in [2.24, 2.45) is 5.92 Å². The molecule has 1 aromatic rings. The maximum Gasteiger partial charge on any atom is 0.412 e. The summed E-state index contributed by atoms with van der Waals surface area (Å²) in [6.45, 7) is 13.7. The number of carbonyl (C=O) groups is 1. The van der Waals surface area contributed by atoms with Crippen molar-refractivity contribution >= 4 is 6.09 Å². The van der Waals surface area contributed by atoms with Gasteiger partial charge in [-0.15, -0.1) is 6.58 Å². The lowest BCUT2D eigenvalue weighted by molar-refractivity contribution is -0.0207. The van der Waals surface area contributed by atoms with Crippen molar-refractivity contribution in [2.45, 2.75) is 65.0 Å². The number of amides is 1. The van der Waals surface area contributed by atoms with Gasteiger partial charge >= 0.3 is 6.09 Å². The molecular weight excluding hydrogens is 358 g/mol. The summed E-state index contributed by atoms with van der Waals surface area (Å²) in [5.74, 6) is 1.54. The van der Waals surface area contributed by atoms with Gasteiger partial charge in [0.2, 0.25) is 0 Å². The van der Waals surface area contributed by atoms with Crippen LogP contribution in [0.25, 0.3) is 0 Å². The standard InChI is InChI=1S/C22H33NO5/c1-9-16-15(13-14(2)3)23(21(24)28-22(4,5)6)20(27-16)19-17(25-7)11-10-12-18(19)26-8/h9-12,14-16,20H,1,13H2,2-8H3/t15?,16-,20?/m0/s1. The molecule has 1 aromatic carbocycles. The lowest BCUT2D eigenvalue weighted by Crippen LogP contribution is -2.44. The van der Waals surface area contributed by atoms with Crippen molar-refractivity contribution in [3.63, 3.8) is 0 Å². The molecule has 1 saturated heterocycles. The van der Waals surface area contributed by atoms with Crippen molar-refractivity contribution in [3.8, 4) is 11.5 Å². The highest BCUT2D eigenvalue weighted by molar-refractivity contribution is 5.70. The minimum Gasteiger partial charge on any atom is -0.496 e. The molecule has 0 aromatic heterocycles. The van der Waals surface area contributed by atoms with Crippen LogP contribution in [0.4, 0.5) is 4.79 Å². The normalized spacial score (nSPS) is 22.3. The van der Waals surface area contributed by atoms with Gasteiger partial charge in [-0.25, -0.2) is 4.79 Å². The van der Waals surface area contributed by atoms with Gasteiger partial charge in [-0.1, -0.05) is 26.0 Å². The number of hydrogen-bond acceptors (Lipinski definition) is 5. The Kier molecular flexibility index (Phi) is 6.99. The highest BCUT2D eigenvalue weighted by Crippen LogP contribution is 2.45. The molecule has 0 spiro atoms. The summed E-state index contributed by atoms with van der Waals surface area (Å²) < 4.78 is 23.1. The van der Waals surface area contributed by atoms with E-state index < -0.39 is 17.9 Å². The Hall–Kier alpha value is -2.21. The molecule has 6 heteroatoms. The zero-order chi connectivity index (χ0) is 21.1. The van der Waals surface area contributed by atoms with E-state index in [0.29, 0.717) is 23.0 Å². The summed E-state index contributed by atoms with van der Waals surface area (Å²) in [7, 11) is 3.17. The highest BCUT2D eigenvalue weighted by Gasteiger charge is 2.48. The SMILES string of the molecule is C=C[C@@H]1OC(c2c(OC)cccc2OC)N(C(=O)OC(C)(C)C)C1CC(C)C. The summed E-state index contributed by atoms with van der Waals surface area (Å²) in [6, 6.07) is 5.29. The van der Waals surface area contributed by atoms with Crippen molar-refractivity contribution in [3.05, 3.63) is 36.4 Å². The third-order valence-corrected chi connectivity index (χ3v) is 4.54. The van der Waals surface area contributed by atoms with Crippen LogP contribution in [0.1, 0.15) is 52.8 Å². The largest absolute Gasteiger partial charge is 0.496 e. The first-order valence-corrected chi connectivity index (χ1v) is 9.63. The molecule has 0 saturated carbocycles. The third-order valence-electron chi connectivity index (χ3n) is 4.54. The van der Waals surface area contributed by atoms with Crippen molar-refractivity contribution < 1.29 is 23.7 Å². The van der Waals surface area contributed by atoms with Crippen LogP contribution < -0.4 is 9.47 Å². The molecular formula is C22H33NO5. The maximum absolute atomic E-state index is 13.2. The second-order valence-corrected chi connectivity index (χ2v) is 8.35. The van der Waals surface area contributed by atoms with Gasteiger partial charge in [0.15, 0.2) is 6.23 Å². The van der Waals surface area contributed by atoms with Crippen molar-refractivity contribution in [1.82, 2.24) is 4.90 Å². The van der Waals surface area contributed by atoms with E-state index >= 15 is 0 Å². The van der Waals surface area contributed by atoms with E-state index in [-0.39, 0.29) is 12.1 Å². The molecule has 28 heavy (non-hydrogen) atoms. The average molecular weight is 392 g/mol. The van der Waals surface area contributed by atoms with E-state index in [1.807, 2.05) is 39.0 Å². The topological polar surface area (TPSA) is 57.2 Å². The average Bonchev–Trinajstić information content (AvgIpc) is 2.96. The highest BCUT2D eigenvalue weighted by atomic mass is 16.6. The number of ether oxygens (including phenoxy) is 4. The lowest BCUT2D eigenvalue weighted by Gasteiger charge is -2.32. The van der Waals surface area contributed by atoms with Gasteiger partial charge in [-0.2, -0.15) is 0 Å². The van der Waals surface area contributed by atoms with Gasteiger partial charge in [0.1, 0.15) is 17.1 Å². The fourth-order valence-electron chi connectivity index (χ4n) is 3.46. The first kappa shape index (κ1) is 22.1. The van der Waals surface area contributed by atoms with Crippen LogP contribution in [-0.2, 0) is 9.47 Å². The molecule has 0 radical (unpaired) electrons. The molecule has 0 N–H and O–H groups in total. The smallest absolute Gasteiger partial charge is 0.412 e. The van der Waals surface area contributed by atoms with Crippen LogP contribution in [0.3, 0.4) is 0 Å². The minimum atomic E-state index is -0.701. The van der Waals surface area contributed by atoms with Gasteiger partial charge in [0.05, 0.1) is 31.9 Å². The maximum atomic E-state index is 13.2. The van der Waals surface area contributed by atoms with Gasteiger partial charge in [-0.3, -0.25) is 4.90 Å². The number of rotatable bonds is 6. The van der Waals surface area contributed by atoms with Gasteiger partial charge in [0, 0.05) is 0 Å². The first-order valence-electron chi connectivity index (χ1n) is 9.63. The second kappa shape index (κ2) is 8.86. The zero-order valence-corrected chi connectivity index (χ0v) is 18.0. The fourth-order valence-corrected chi connectivity index (χ4v) is 3.46. The molecule has 0 bridgehead atoms. The van der Waals surface area contributed by atoms with Crippen molar-refractivity contribution in [1.29, 1.82) is 0 Å². The molecule has 156 valence electrons. The molecule has 1 aliphatic heterocycles. The van der Waals surface area contributed by atoms with E-state index in [9.17, 15) is 4.79 Å². The molecule has 1 amide bonds. The molecule has 1 fully saturated rings. The number of hydrogen-bond donors (Lipinski definition) is 0. The second-order valence-electron chi connectivity index (χ2n) is 8.35. The van der Waals surface area contributed by atoms with E-state index in [4.69, 9.17) is 18.9 Å². The summed E-state index contributed by atoms with van der Waals surface area (Å²) in [5, 5.41) is 0. The number of benzene rings is 1. The molecule has 3 atom stereocenters. The van der Waals surface area contributed by atoms with E-state index in [0.717, 1.165) is 6.42 Å². The predicted molar refractivity (Wildman–Crippen MR) is 109 cm³/mol. The zero-order valence-electron chi connectivity index (χ0n) is 18.0. The Morgan fingerprint density at radius 2 is 1.82 bits per heavy atom. The van der Waals surface area contributed by atoms with Crippen molar-refractivity contribution in [2.75, 3.05) is 14.2 Å². The third kappa shape index (κ3) is 4.79.